The van der Waals surface area contributed by atoms with E-state index in [-0.39, 0.29) is 36.1 Å². The summed E-state index contributed by atoms with van der Waals surface area (Å²) in [4.78, 5) is 15.6. The molecular formula is C10H12ClN3O4S. The maximum atomic E-state index is 12.3. The normalized spacial score (nSPS) is 17.4. The molecule has 0 unspecified atom stereocenters. The van der Waals surface area contributed by atoms with Crippen LogP contribution in [0.4, 0.5) is 4.79 Å². The number of pyridine rings is 1. The summed E-state index contributed by atoms with van der Waals surface area (Å²) in [6.45, 7) is 0.513. The maximum Gasteiger partial charge on any atom is 0.407 e. The van der Waals surface area contributed by atoms with Gasteiger partial charge in [-0.25, -0.2) is 13.2 Å². The summed E-state index contributed by atoms with van der Waals surface area (Å²) in [5, 5.41) is 8.92. The Labute approximate surface area is 115 Å². The van der Waals surface area contributed by atoms with E-state index < -0.39 is 16.1 Å². The molecule has 1 fully saturated rings. The standard InChI is InChI=1S/C10H12ClN3O4S/c11-8-1-2-12-7-9(8)19(17,18)14-5-3-13(4-6-14)10(15)16/h1-2,7H,3-6H2,(H,15,16). The highest BCUT2D eigenvalue weighted by atomic mass is 35.5. The molecule has 0 aliphatic carbocycles. The number of carbonyl (C=O) groups is 1. The second-order valence-electron chi connectivity index (χ2n) is 3.98. The van der Waals surface area contributed by atoms with E-state index in [1.54, 1.807) is 0 Å². The molecule has 104 valence electrons. The van der Waals surface area contributed by atoms with Crippen LogP contribution in [0.2, 0.25) is 5.02 Å². The molecule has 1 aromatic rings. The third kappa shape index (κ3) is 2.80. The number of amides is 1. The zero-order valence-electron chi connectivity index (χ0n) is 9.86. The van der Waals surface area contributed by atoms with Gasteiger partial charge in [0.1, 0.15) is 4.90 Å². The topological polar surface area (TPSA) is 90.8 Å². The third-order valence-electron chi connectivity index (χ3n) is 2.86. The molecule has 0 saturated carbocycles. The van der Waals surface area contributed by atoms with Crippen molar-refractivity contribution in [2.24, 2.45) is 0 Å². The number of rotatable bonds is 2. The van der Waals surface area contributed by atoms with Gasteiger partial charge in [0.25, 0.3) is 0 Å². The Morgan fingerprint density at radius 1 is 1.32 bits per heavy atom. The van der Waals surface area contributed by atoms with Gasteiger partial charge >= 0.3 is 6.09 Å². The van der Waals surface area contributed by atoms with Crippen LogP contribution in [0.15, 0.2) is 23.4 Å². The summed E-state index contributed by atoms with van der Waals surface area (Å²) < 4.78 is 25.9. The van der Waals surface area contributed by atoms with Crippen molar-refractivity contribution in [1.82, 2.24) is 14.2 Å². The van der Waals surface area contributed by atoms with Crippen molar-refractivity contribution in [2.45, 2.75) is 4.90 Å². The lowest BCUT2D eigenvalue weighted by Gasteiger charge is -2.32. The third-order valence-corrected chi connectivity index (χ3v) is 5.23. The number of aromatic nitrogens is 1. The molecule has 1 aliphatic rings. The zero-order valence-corrected chi connectivity index (χ0v) is 11.4. The highest BCUT2D eigenvalue weighted by Gasteiger charge is 2.31. The molecule has 0 atom stereocenters. The van der Waals surface area contributed by atoms with Crippen molar-refractivity contribution in [3.8, 4) is 0 Å². The zero-order chi connectivity index (χ0) is 14.0. The lowest BCUT2D eigenvalue weighted by atomic mass is 10.4. The molecule has 1 aliphatic heterocycles. The fourth-order valence-electron chi connectivity index (χ4n) is 1.81. The van der Waals surface area contributed by atoms with Gasteiger partial charge in [0.15, 0.2) is 0 Å². The van der Waals surface area contributed by atoms with E-state index in [0.717, 1.165) is 0 Å². The monoisotopic (exact) mass is 305 g/mol. The predicted molar refractivity (Wildman–Crippen MR) is 67.6 cm³/mol. The summed E-state index contributed by atoms with van der Waals surface area (Å²) in [5.74, 6) is 0. The van der Waals surface area contributed by atoms with E-state index in [1.165, 1.54) is 27.7 Å². The van der Waals surface area contributed by atoms with Crippen molar-refractivity contribution in [3.63, 3.8) is 0 Å². The molecule has 0 bridgehead atoms. The van der Waals surface area contributed by atoms with Gasteiger partial charge in [-0.1, -0.05) is 11.6 Å². The number of halogens is 1. The Balaban J connectivity index is 2.19. The van der Waals surface area contributed by atoms with Gasteiger partial charge in [-0.05, 0) is 6.07 Å². The molecule has 9 heteroatoms. The van der Waals surface area contributed by atoms with Crippen LogP contribution < -0.4 is 0 Å². The molecule has 7 nitrogen and oxygen atoms in total. The van der Waals surface area contributed by atoms with Gasteiger partial charge < -0.3 is 10.0 Å². The minimum absolute atomic E-state index is 0.0551. The smallest absolute Gasteiger partial charge is 0.407 e. The molecule has 1 saturated heterocycles. The first-order valence-corrected chi connectivity index (χ1v) is 7.32. The van der Waals surface area contributed by atoms with Crippen LogP contribution in [0, 0.1) is 0 Å². The van der Waals surface area contributed by atoms with Crippen LogP contribution in [0.5, 0.6) is 0 Å². The largest absolute Gasteiger partial charge is 0.465 e. The molecule has 2 heterocycles. The summed E-state index contributed by atoms with van der Waals surface area (Å²) in [7, 11) is -3.72. The maximum absolute atomic E-state index is 12.3. The van der Waals surface area contributed by atoms with Crippen molar-refractivity contribution < 1.29 is 18.3 Å². The molecular weight excluding hydrogens is 294 g/mol. The number of carboxylic acid groups (broad SMARTS) is 1. The van der Waals surface area contributed by atoms with E-state index in [2.05, 4.69) is 4.98 Å². The van der Waals surface area contributed by atoms with E-state index in [4.69, 9.17) is 16.7 Å². The average Bonchev–Trinajstić information content (AvgIpc) is 2.39. The molecule has 0 spiro atoms. The van der Waals surface area contributed by atoms with Crippen molar-refractivity contribution in [1.29, 1.82) is 0 Å². The van der Waals surface area contributed by atoms with Gasteiger partial charge in [-0.2, -0.15) is 4.31 Å². The highest BCUT2D eigenvalue weighted by Crippen LogP contribution is 2.24. The molecule has 0 radical (unpaired) electrons. The van der Waals surface area contributed by atoms with E-state index in [1.807, 2.05) is 0 Å². The molecule has 2 rings (SSSR count). The SMILES string of the molecule is O=C(O)N1CCN(S(=O)(=O)c2cnccc2Cl)CC1. The van der Waals surface area contributed by atoms with Gasteiger partial charge in [0.2, 0.25) is 10.0 Å². The van der Waals surface area contributed by atoms with Crippen LogP contribution in [0.25, 0.3) is 0 Å². The first-order chi connectivity index (χ1) is 8.93. The Kier molecular flexibility index (Phi) is 3.93. The minimum Gasteiger partial charge on any atom is -0.465 e. The van der Waals surface area contributed by atoms with E-state index in [9.17, 15) is 13.2 Å². The summed E-state index contributed by atoms with van der Waals surface area (Å²) in [6.07, 6.45) is 1.56. The van der Waals surface area contributed by atoms with Gasteiger partial charge in [-0.15, -0.1) is 0 Å². The van der Waals surface area contributed by atoms with Crippen LogP contribution in [0.3, 0.4) is 0 Å². The average molecular weight is 306 g/mol. The molecule has 19 heavy (non-hydrogen) atoms. The first-order valence-electron chi connectivity index (χ1n) is 5.50. The number of hydrogen-bond acceptors (Lipinski definition) is 4. The lowest BCUT2D eigenvalue weighted by molar-refractivity contribution is 0.126. The van der Waals surface area contributed by atoms with Crippen LogP contribution in [-0.4, -0.2) is 60.0 Å². The van der Waals surface area contributed by atoms with Crippen LogP contribution in [-0.2, 0) is 10.0 Å². The Hall–Kier alpha value is -1.38. The first kappa shape index (κ1) is 14.0. The Morgan fingerprint density at radius 3 is 2.47 bits per heavy atom. The summed E-state index contributed by atoms with van der Waals surface area (Å²) in [5.41, 5.74) is 0. The molecule has 1 amide bonds. The van der Waals surface area contributed by atoms with E-state index in [0.29, 0.717) is 0 Å². The van der Waals surface area contributed by atoms with Crippen LogP contribution in [0.1, 0.15) is 0 Å². The Morgan fingerprint density at radius 2 is 1.95 bits per heavy atom. The quantitative estimate of drug-likeness (QED) is 0.869. The number of sulfonamides is 1. The van der Waals surface area contributed by atoms with Gasteiger partial charge in [-0.3, -0.25) is 4.98 Å². The fourth-order valence-corrected chi connectivity index (χ4v) is 3.64. The van der Waals surface area contributed by atoms with Gasteiger partial charge in [0, 0.05) is 38.6 Å². The van der Waals surface area contributed by atoms with Crippen molar-refractivity contribution in [3.05, 3.63) is 23.5 Å². The fraction of sp³-hybridized carbons (Fsp3) is 0.400. The summed E-state index contributed by atoms with van der Waals surface area (Å²) >= 11 is 5.86. The lowest BCUT2D eigenvalue weighted by Crippen LogP contribution is -2.50. The highest BCUT2D eigenvalue weighted by molar-refractivity contribution is 7.89. The number of nitrogens with zero attached hydrogens (tertiary/aromatic N) is 3. The number of piperazine rings is 1. The van der Waals surface area contributed by atoms with E-state index >= 15 is 0 Å². The van der Waals surface area contributed by atoms with Crippen molar-refractivity contribution in [2.75, 3.05) is 26.2 Å². The van der Waals surface area contributed by atoms with Crippen LogP contribution >= 0.6 is 11.6 Å². The predicted octanol–water partition coefficient (Wildman–Crippen LogP) is 0.719. The molecule has 1 N–H and O–H groups in total. The second kappa shape index (κ2) is 5.32. The minimum atomic E-state index is -3.72. The van der Waals surface area contributed by atoms with Gasteiger partial charge in [0.05, 0.1) is 5.02 Å². The second-order valence-corrected chi connectivity index (χ2v) is 6.29. The number of hydrogen-bond donors (Lipinski definition) is 1. The molecule has 1 aromatic heterocycles. The Bertz CT molecular complexity index is 584. The summed E-state index contributed by atoms with van der Waals surface area (Å²) in [6, 6.07) is 1.40. The van der Waals surface area contributed by atoms with Crippen molar-refractivity contribution >= 4 is 27.7 Å². The molecule has 0 aromatic carbocycles.